The van der Waals surface area contributed by atoms with Crippen molar-refractivity contribution in [1.82, 2.24) is 0 Å². The molecule has 0 atom stereocenters. The first-order valence-electron chi connectivity index (χ1n) is 9.95. The SMILES string of the molecule is COc1cc(/C=C/c2ccc(/C=C/c3cc(OC)c(O)c(OC)c3)c(F)c2)cc(OC)c1O. The predicted octanol–water partition coefficient (Wildman–Crippen LogP) is 5.61. The standard InChI is InChI=1S/C26H25FO6/c1-30-21-12-17(13-22(31-2)25(21)28)6-5-16-7-9-19(20(27)11-16)10-8-18-14-23(32-3)26(29)24(15-18)33-4/h5-15,28-29H,1-4H3/b6-5+,10-8+. The Kier molecular flexibility index (Phi) is 7.46. The molecule has 3 aromatic carbocycles. The van der Waals surface area contributed by atoms with E-state index in [-0.39, 0.29) is 34.5 Å². The van der Waals surface area contributed by atoms with Crippen LogP contribution in [-0.2, 0) is 0 Å². The third-order valence-corrected chi connectivity index (χ3v) is 4.95. The van der Waals surface area contributed by atoms with Crippen LogP contribution in [0.15, 0.2) is 42.5 Å². The number of rotatable bonds is 8. The van der Waals surface area contributed by atoms with Gasteiger partial charge in [-0.05, 0) is 47.0 Å². The summed E-state index contributed by atoms with van der Waals surface area (Å²) in [7, 11) is 5.79. The lowest BCUT2D eigenvalue weighted by molar-refractivity contribution is 0.340. The van der Waals surface area contributed by atoms with Crippen molar-refractivity contribution in [3.63, 3.8) is 0 Å². The van der Waals surface area contributed by atoms with E-state index < -0.39 is 5.82 Å². The van der Waals surface area contributed by atoms with Gasteiger partial charge in [-0.3, -0.25) is 0 Å². The smallest absolute Gasteiger partial charge is 0.200 e. The Bertz CT molecular complexity index is 1150. The van der Waals surface area contributed by atoms with Gasteiger partial charge in [-0.1, -0.05) is 36.4 Å². The summed E-state index contributed by atoms with van der Waals surface area (Å²) in [4.78, 5) is 0. The van der Waals surface area contributed by atoms with E-state index in [0.717, 1.165) is 5.56 Å². The van der Waals surface area contributed by atoms with Crippen molar-refractivity contribution in [1.29, 1.82) is 0 Å². The topological polar surface area (TPSA) is 77.4 Å². The van der Waals surface area contributed by atoms with E-state index in [2.05, 4.69) is 0 Å². The monoisotopic (exact) mass is 452 g/mol. The molecule has 0 aliphatic carbocycles. The molecule has 0 aliphatic rings. The van der Waals surface area contributed by atoms with E-state index in [4.69, 9.17) is 18.9 Å². The zero-order valence-electron chi connectivity index (χ0n) is 18.8. The highest BCUT2D eigenvalue weighted by molar-refractivity contribution is 5.75. The molecule has 6 nitrogen and oxygen atoms in total. The Labute approximate surface area is 191 Å². The van der Waals surface area contributed by atoms with E-state index >= 15 is 0 Å². The average molecular weight is 452 g/mol. The Morgan fingerprint density at radius 3 is 1.36 bits per heavy atom. The van der Waals surface area contributed by atoms with Gasteiger partial charge in [-0.15, -0.1) is 0 Å². The largest absolute Gasteiger partial charge is 0.502 e. The fourth-order valence-electron chi connectivity index (χ4n) is 3.18. The van der Waals surface area contributed by atoms with Crippen molar-refractivity contribution in [3.8, 4) is 34.5 Å². The highest BCUT2D eigenvalue weighted by atomic mass is 19.1. The average Bonchev–Trinajstić information content (AvgIpc) is 2.83. The predicted molar refractivity (Wildman–Crippen MR) is 127 cm³/mol. The summed E-state index contributed by atoms with van der Waals surface area (Å²) in [6, 6.07) is 11.4. The summed E-state index contributed by atoms with van der Waals surface area (Å²) < 4.78 is 35.3. The minimum Gasteiger partial charge on any atom is -0.502 e. The van der Waals surface area contributed by atoms with Crippen molar-refractivity contribution >= 4 is 24.3 Å². The normalized spacial score (nSPS) is 11.2. The van der Waals surface area contributed by atoms with Gasteiger partial charge in [0.2, 0.25) is 11.5 Å². The van der Waals surface area contributed by atoms with Crippen molar-refractivity contribution in [2.24, 2.45) is 0 Å². The maximum absolute atomic E-state index is 14.7. The number of hydrogen-bond acceptors (Lipinski definition) is 6. The lowest BCUT2D eigenvalue weighted by atomic mass is 10.1. The van der Waals surface area contributed by atoms with Gasteiger partial charge in [-0.2, -0.15) is 0 Å². The van der Waals surface area contributed by atoms with Crippen LogP contribution < -0.4 is 18.9 Å². The van der Waals surface area contributed by atoms with Crippen LogP contribution in [0.3, 0.4) is 0 Å². The minimum absolute atomic E-state index is 0.0804. The molecule has 0 aromatic heterocycles. The van der Waals surface area contributed by atoms with Gasteiger partial charge in [0.15, 0.2) is 23.0 Å². The number of hydrogen-bond donors (Lipinski definition) is 2. The van der Waals surface area contributed by atoms with Gasteiger partial charge < -0.3 is 29.2 Å². The van der Waals surface area contributed by atoms with Gasteiger partial charge in [0.1, 0.15) is 5.82 Å². The van der Waals surface area contributed by atoms with E-state index in [1.807, 2.05) is 0 Å². The second-order valence-electron chi connectivity index (χ2n) is 7.00. The molecule has 0 spiro atoms. The molecule has 0 amide bonds. The quantitative estimate of drug-likeness (QED) is 0.433. The minimum atomic E-state index is -0.396. The van der Waals surface area contributed by atoms with Gasteiger partial charge in [0.25, 0.3) is 0 Å². The Morgan fingerprint density at radius 2 is 0.970 bits per heavy atom. The summed E-state index contributed by atoms with van der Waals surface area (Å²) >= 11 is 0. The second-order valence-corrected chi connectivity index (χ2v) is 7.00. The summed E-state index contributed by atoms with van der Waals surface area (Å²) in [5, 5.41) is 20.0. The van der Waals surface area contributed by atoms with Crippen LogP contribution in [0.5, 0.6) is 34.5 Å². The first-order valence-corrected chi connectivity index (χ1v) is 9.95. The Balaban J connectivity index is 1.82. The van der Waals surface area contributed by atoms with Crippen LogP contribution in [0.4, 0.5) is 4.39 Å². The molecule has 3 aromatic rings. The number of ether oxygens (including phenoxy) is 4. The molecular formula is C26H25FO6. The van der Waals surface area contributed by atoms with E-state index in [1.165, 1.54) is 34.5 Å². The number of methoxy groups -OCH3 is 4. The number of phenols is 2. The fourth-order valence-corrected chi connectivity index (χ4v) is 3.18. The maximum Gasteiger partial charge on any atom is 0.200 e. The molecule has 0 radical (unpaired) electrons. The van der Waals surface area contributed by atoms with Crippen LogP contribution in [0.2, 0.25) is 0 Å². The molecule has 172 valence electrons. The van der Waals surface area contributed by atoms with Crippen LogP contribution >= 0.6 is 0 Å². The number of halogens is 1. The van der Waals surface area contributed by atoms with Crippen molar-refractivity contribution in [2.45, 2.75) is 0 Å². The highest BCUT2D eigenvalue weighted by Crippen LogP contribution is 2.38. The van der Waals surface area contributed by atoms with Crippen LogP contribution in [0.25, 0.3) is 24.3 Å². The summed E-state index contributed by atoms with van der Waals surface area (Å²) in [6.07, 6.45) is 6.85. The van der Waals surface area contributed by atoms with E-state index in [0.29, 0.717) is 16.7 Å². The molecule has 0 fully saturated rings. The summed E-state index contributed by atoms with van der Waals surface area (Å²) in [5.74, 6) is 0.514. The summed E-state index contributed by atoms with van der Waals surface area (Å²) in [5.41, 5.74) is 2.45. The lowest BCUT2D eigenvalue weighted by Crippen LogP contribution is -1.90. The molecule has 0 unspecified atom stereocenters. The molecule has 7 heteroatoms. The lowest BCUT2D eigenvalue weighted by Gasteiger charge is -2.09. The highest BCUT2D eigenvalue weighted by Gasteiger charge is 2.11. The first kappa shape index (κ1) is 23.5. The zero-order valence-corrected chi connectivity index (χ0v) is 18.8. The molecule has 0 saturated carbocycles. The van der Waals surface area contributed by atoms with Crippen LogP contribution in [-0.4, -0.2) is 38.7 Å². The van der Waals surface area contributed by atoms with Gasteiger partial charge in [-0.25, -0.2) is 4.39 Å². The number of phenolic OH excluding ortho intramolecular Hbond substituents is 2. The third kappa shape index (κ3) is 5.38. The van der Waals surface area contributed by atoms with E-state index in [9.17, 15) is 14.6 Å². The first-order chi connectivity index (χ1) is 15.9. The van der Waals surface area contributed by atoms with Gasteiger partial charge >= 0.3 is 0 Å². The Hall–Kier alpha value is -4.13. The molecule has 0 aliphatic heterocycles. The third-order valence-electron chi connectivity index (χ3n) is 4.95. The molecule has 0 saturated heterocycles. The van der Waals surface area contributed by atoms with Crippen molar-refractivity contribution in [3.05, 3.63) is 70.5 Å². The molecule has 2 N–H and O–H groups in total. The molecular weight excluding hydrogens is 427 g/mol. The molecule has 3 rings (SSSR count). The van der Waals surface area contributed by atoms with E-state index in [1.54, 1.807) is 60.7 Å². The van der Waals surface area contributed by atoms with Crippen molar-refractivity contribution in [2.75, 3.05) is 28.4 Å². The molecule has 33 heavy (non-hydrogen) atoms. The Morgan fingerprint density at radius 1 is 0.576 bits per heavy atom. The molecule has 0 heterocycles. The number of benzene rings is 3. The van der Waals surface area contributed by atoms with Gasteiger partial charge in [0, 0.05) is 5.56 Å². The van der Waals surface area contributed by atoms with Crippen LogP contribution in [0, 0.1) is 5.82 Å². The number of aromatic hydroxyl groups is 2. The zero-order chi connectivity index (χ0) is 24.0. The van der Waals surface area contributed by atoms with Crippen molar-refractivity contribution < 1.29 is 33.6 Å². The maximum atomic E-state index is 14.7. The van der Waals surface area contributed by atoms with Gasteiger partial charge in [0.05, 0.1) is 28.4 Å². The fraction of sp³-hybridized carbons (Fsp3) is 0.154. The van der Waals surface area contributed by atoms with Crippen LogP contribution in [0.1, 0.15) is 22.3 Å². The molecule has 0 bridgehead atoms. The second kappa shape index (κ2) is 10.5. The summed E-state index contributed by atoms with van der Waals surface area (Å²) in [6.45, 7) is 0.